The molecule has 0 heterocycles. The van der Waals surface area contributed by atoms with Gasteiger partial charge in [0.15, 0.2) is 6.10 Å². The lowest BCUT2D eigenvalue weighted by Gasteiger charge is -2.18. The Balaban J connectivity index is 4.11. The molecule has 0 aromatic carbocycles. The molecule has 0 aliphatic rings. The van der Waals surface area contributed by atoms with Crippen molar-refractivity contribution in [1.82, 2.24) is 0 Å². The molecule has 6 nitrogen and oxygen atoms in total. The highest BCUT2D eigenvalue weighted by molar-refractivity contribution is 5.71. The van der Waals surface area contributed by atoms with Crippen LogP contribution in [-0.2, 0) is 28.6 Å². The van der Waals surface area contributed by atoms with Gasteiger partial charge in [-0.15, -0.1) is 0 Å². The lowest BCUT2D eigenvalue weighted by Crippen LogP contribution is -2.30. The van der Waals surface area contributed by atoms with Crippen molar-refractivity contribution in [2.45, 2.75) is 252 Å². The second-order valence-corrected chi connectivity index (χ2v) is 15.8. The van der Waals surface area contributed by atoms with Crippen LogP contribution in [0.4, 0.5) is 0 Å². The van der Waals surface area contributed by atoms with Gasteiger partial charge in [-0.3, -0.25) is 14.4 Å². The van der Waals surface area contributed by atoms with E-state index in [0.29, 0.717) is 19.3 Å². The molecule has 0 fully saturated rings. The van der Waals surface area contributed by atoms with E-state index in [0.717, 1.165) is 70.1 Å². The highest BCUT2D eigenvalue weighted by Gasteiger charge is 2.19. The molecule has 0 aromatic rings. The van der Waals surface area contributed by atoms with Gasteiger partial charge in [0.2, 0.25) is 0 Å². The second-order valence-electron chi connectivity index (χ2n) is 15.8. The number of hydrogen-bond donors (Lipinski definition) is 0. The molecule has 0 saturated carbocycles. The normalized spacial score (nSPS) is 11.9. The van der Waals surface area contributed by atoms with E-state index < -0.39 is 6.10 Å². The third kappa shape index (κ3) is 39.5. The first-order valence-corrected chi connectivity index (χ1v) is 22.4. The van der Waals surface area contributed by atoms with Crippen molar-refractivity contribution in [2.24, 2.45) is 5.92 Å². The molecule has 0 radical (unpaired) electrons. The average Bonchev–Trinajstić information content (AvgIpc) is 3.11. The number of rotatable bonds is 40. The molecule has 0 bridgehead atoms. The highest BCUT2D eigenvalue weighted by atomic mass is 16.6. The Kier molecular flexibility index (Phi) is 38.4. The van der Waals surface area contributed by atoms with Crippen LogP contribution < -0.4 is 0 Å². The standard InChI is InChI=1S/C45H86O6/c1-5-7-9-11-12-13-22-26-30-34-38-45(48)51-42(39-49-43(46)36-32-27-10-8-6-2)40-50-44(47)37-33-29-25-23-20-18-16-14-15-17-19-21-24-28-31-35-41(3)4/h41-42H,5-40H2,1-4H3/t42-/m1/s1. The van der Waals surface area contributed by atoms with Crippen molar-refractivity contribution in [3.63, 3.8) is 0 Å². The Morgan fingerprint density at radius 3 is 0.961 bits per heavy atom. The fourth-order valence-corrected chi connectivity index (χ4v) is 6.63. The molecule has 51 heavy (non-hydrogen) atoms. The molecule has 0 amide bonds. The number of unbranched alkanes of at least 4 members (excludes halogenated alkanes) is 27. The number of carbonyl (C=O) groups is 3. The predicted molar refractivity (Wildman–Crippen MR) is 215 cm³/mol. The van der Waals surface area contributed by atoms with E-state index in [1.807, 2.05) is 0 Å². The largest absolute Gasteiger partial charge is 0.462 e. The molecule has 0 unspecified atom stereocenters. The van der Waals surface area contributed by atoms with Gasteiger partial charge in [0, 0.05) is 19.3 Å². The van der Waals surface area contributed by atoms with Crippen molar-refractivity contribution < 1.29 is 28.6 Å². The van der Waals surface area contributed by atoms with Crippen LogP contribution in [0.25, 0.3) is 0 Å². The van der Waals surface area contributed by atoms with Gasteiger partial charge in [-0.05, 0) is 25.2 Å². The Morgan fingerprint density at radius 1 is 0.373 bits per heavy atom. The van der Waals surface area contributed by atoms with Crippen molar-refractivity contribution in [2.75, 3.05) is 13.2 Å². The molecule has 1 atom stereocenters. The summed E-state index contributed by atoms with van der Waals surface area (Å²) in [6.45, 7) is 8.92. The van der Waals surface area contributed by atoms with Gasteiger partial charge >= 0.3 is 17.9 Å². The van der Waals surface area contributed by atoms with E-state index in [-0.39, 0.29) is 31.1 Å². The fraction of sp³-hybridized carbons (Fsp3) is 0.933. The topological polar surface area (TPSA) is 78.9 Å². The van der Waals surface area contributed by atoms with Gasteiger partial charge < -0.3 is 14.2 Å². The van der Waals surface area contributed by atoms with Gasteiger partial charge in [0.1, 0.15) is 13.2 Å². The molecule has 0 saturated heterocycles. The molecule has 0 rings (SSSR count). The highest BCUT2D eigenvalue weighted by Crippen LogP contribution is 2.16. The zero-order valence-corrected chi connectivity index (χ0v) is 34.6. The quantitative estimate of drug-likeness (QED) is 0.0356. The zero-order chi connectivity index (χ0) is 37.5. The molecule has 6 heteroatoms. The maximum Gasteiger partial charge on any atom is 0.306 e. The van der Waals surface area contributed by atoms with Crippen LogP contribution in [0.3, 0.4) is 0 Å². The van der Waals surface area contributed by atoms with Crippen LogP contribution in [0.1, 0.15) is 246 Å². The summed E-state index contributed by atoms with van der Waals surface area (Å²) in [5.41, 5.74) is 0. The molecule has 0 aliphatic carbocycles. The monoisotopic (exact) mass is 723 g/mol. The summed E-state index contributed by atoms with van der Waals surface area (Å²) in [6, 6.07) is 0. The smallest absolute Gasteiger partial charge is 0.306 e. The van der Waals surface area contributed by atoms with E-state index >= 15 is 0 Å². The first-order chi connectivity index (χ1) is 24.9. The first kappa shape index (κ1) is 49.4. The van der Waals surface area contributed by atoms with E-state index in [9.17, 15) is 14.4 Å². The summed E-state index contributed by atoms with van der Waals surface area (Å²) in [5, 5.41) is 0. The van der Waals surface area contributed by atoms with Crippen LogP contribution in [-0.4, -0.2) is 37.2 Å². The Hall–Kier alpha value is -1.59. The van der Waals surface area contributed by atoms with Crippen LogP contribution in [0.5, 0.6) is 0 Å². The summed E-state index contributed by atoms with van der Waals surface area (Å²) in [7, 11) is 0. The maximum atomic E-state index is 12.6. The Bertz CT molecular complexity index is 766. The van der Waals surface area contributed by atoms with E-state index in [2.05, 4.69) is 27.7 Å². The Labute approximate surface area is 317 Å². The first-order valence-electron chi connectivity index (χ1n) is 22.4. The minimum absolute atomic E-state index is 0.0648. The van der Waals surface area contributed by atoms with E-state index in [1.54, 1.807) is 0 Å². The third-order valence-electron chi connectivity index (χ3n) is 10.0. The number of esters is 3. The summed E-state index contributed by atoms with van der Waals surface area (Å²) in [6.07, 6.45) is 38.3. The van der Waals surface area contributed by atoms with Gasteiger partial charge in [0.05, 0.1) is 0 Å². The minimum atomic E-state index is -0.756. The summed E-state index contributed by atoms with van der Waals surface area (Å²) < 4.78 is 16.6. The van der Waals surface area contributed by atoms with Crippen LogP contribution in [0, 0.1) is 5.92 Å². The minimum Gasteiger partial charge on any atom is -0.462 e. The molecule has 0 spiro atoms. The molecule has 0 aromatic heterocycles. The van der Waals surface area contributed by atoms with Crippen molar-refractivity contribution >= 4 is 17.9 Å². The average molecular weight is 723 g/mol. The van der Waals surface area contributed by atoms with Crippen molar-refractivity contribution in [3.8, 4) is 0 Å². The molecular formula is C45H86O6. The van der Waals surface area contributed by atoms with Gasteiger partial charge in [-0.2, -0.15) is 0 Å². The number of hydrogen-bond acceptors (Lipinski definition) is 6. The summed E-state index contributed by atoms with van der Waals surface area (Å²) in [4.78, 5) is 37.4. The molecule has 302 valence electrons. The van der Waals surface area contributed by atoms with Crippen molar-refractivity contribution in [1.29, 1.82) is 0 Å². The molecule has 0 aliphatic heterocycles. The van der Waals surface area contributed by atoms with Gasteiger partial charge in [-0.25, -0.2) is 0 Å². The maximum absolute atomic E-state index is 12.6. The van der Waals surface area contributed by atoms with E-state index in [1.165, 1.54) is 135 Å². The predicted octanol–water partition coefficient (Wildman–Crippen LogP) is 13.9. The second kappa shape index (κ2) is 39.6. The van der Waals surface area contributed by atoms with Crippen LogP contribution in [0.2, 0.25) is 0 Å². The molecular weight excluding hydrogens is 636 g/mol. The number of carbonyl (C=O) groups excluding carboxylic acids is 3. The lowest BCUT2D eigenvalue weighted by molar-refractivity contribution is -0.167. The van der Waals surface area contributed by atoms with Gasteiger partial charge in [0.25, 0.3) is 0 Å². The van der Waals surface area contributed by atoms with Gasteiger partial charge in [-0.1, -0.05) is 207 Å². The fourth-order valence-electron chi connectivity index (χ4n) is 6.63. The van der Waals surface area contributed by atoms with Crippen molar-refractivity contribution in [3.05, 3.63) is 0 Å². The Morgan fingerprint density at radius 2 is 0.647 bits per heavy atom. The number of ether oxygens (including phenoxy) is 3. The third-order valence-corrected chi connectivity index (χ3v) is 10.0. The van der Waals surface area contributed by atoms with E-state index in [4.69, 9.17) is 14.2 Å². The SMILES string of the molecule is CCCCCCCCCCCCC(=O)O[C@H](COC(=O)CCCCCCC)COC(=O)CCCCCCCCCCCCCCCCCC(C)C. The summed E-state index contributed by atoms with van der Waals surface area (Å²) in [5.74, 6) is -0.0214. The molecule has 0 N–H and O–H groups in total. The zero-order valence-electron chi connectivity index (χ0n) is 34.6. The van der Waals surface area contributed by atoms with Crippen LogP contribution >= 0.6 is 0 Å². The summed E-state index contributed by atoms with van der Waals surface area (Å²) >= 11 is 0. The lowest BCUT2D eigenvalue weighted by atomic mass is 10.0. The van der Waals surface area contributed by atoms with Crippen LogP contribution in [0.15, 0.2) is 0 Å².